The molecule has 0 aromatic carbocycles. The topological polar surface area (TPSA) is 64.7 Å². The lowest BCUT2D eigenvalue weighted by molar-refractivity contribution is 0.200. The maximum absolute atomic E-state index is 8.83. The second-order valence-electron chi connectivity index (χ2n) is 3.30. The van der Waals surface area contributed by atoms with Gasteiger partial charge in [0.15, 0.2) is 0 Å². The molecule has 14 heavy (non-hydrogen) atoms. The SMILES string of the molecule is CCCCCCCCCOP(O)ON. The van der Waals surface area contributed by atoms with Crippen molar-refractivity contribution >= 4 is 8.60 Å². The van der Waals surface area contributed by atoms with Crippen LogP contribution >= 0.6 is 8.60 Å². The monoisotopic (exact) mass is 223 g/mol. The zero-order valence-electron chi connectivity index (χ0n) is 8.95. The number of nitrogens with two attached hydrogens (primary N) is 1. The van der Waals surface area contributed by atoms with Crippen molar-refractivity contribution in [2.75, 3.05) is 6.61 Å². The highest BCUT2D eigenvalue weighted by Gasteiger charge is 2.02. The normalized spacial score (nSPS) is 13.1. The third kappa shape index (κ3) is 10.4. The molecule has 0 radical (unpaired) electrons. The summed E-state index contributed by atoms with van der Waals surface area (Å²) in [4.78, 5) is 8.83. The fraction of sp³-hybridized carbons (Fsp3) is 1.00. The Kier molecular flexibility index (Phi) is 11.6. The minimum atomic E-state index is -1.83. The van der Waals surface area contributed by atoms with E-state index in [-0.39, 0.29) is 0 Å². The van der Waals surface area contributed by atoms with E-state index in [9.17, 15) is 0 Å². The van der Waals surface area contributed by atoms with E-state index in [0.717, 1.165) is 12.8 Å². The van der Waals surface area contributed by atoms with E-state index in [0.29, 0.717) is 6.61 Å². The summed E-state index contributed by atoms with van der Waals surface area (Å²) in [5, 5.41) is 0. The van der Waals surface area contributed by atoms with Crippen molar-refractivity contribution in [1.29, 1.82) is 0 Å². The predicted octanol–water partition coefficient (Wildman–Crippen LogP) is 2.86. The first kappa shape index (κ1) is 14.3. The first-order valence-electron chi connectivity index (χ1n) is 5.30. The summed E-state index contributed by atoms with van der Waals surface area (Å²) in [7, 11) is -1.83. The van der Waals surface area contributed by atoms with Gasteiger partial charge in [-0.15, -0.1) is 0 Å². The lowest BCUT2D eigenvalue weighted by Crippen LogP contribution is -1.97. The van der Waals surface area contributed by atoms with Crippen LogP contribution in [0.15, 0.2) is 0 Å². The summed E-state index contributed by atoms with van der Waals surface area (Å²) in [5.41, 5.74) is 0. The molecular weight excluding hydrogens is 201 g/mol. The number of hydrogen-bond donors (Lipinski definition) is 2. The number of hydrogen-bond acceptors (Lipinski definition) is 4. The van der Waals surface area contributed by atoms with Crippen molar-refractivity contribution < 1.29 is 14.0 Å². The quantitative estimate of drug-likeness (QED) is 0.339. The largest absolute Gasteiger partial charge is 0.347 e. The molecular formula is C9H22NO3P. The Morgan fingerprint density at radius 3 is 2.21 bits per heavy atom. The lowest BCUT2D eigenvalue weighted by Gasteiger charge is -2.06. The lowest BCUT2D eigenvalue weighted by atomic mass is 10.1. The molecule has 0 bridgehead atoms. The van der Waals surface area contributed by atoms with E-state index < -0.39 is 8.60 Å². The van der Waals surface area contributed by atoms with Crippen LogP contribution in [0.5, 0.6) is 0 Å². The van der Waals surface area contributed by atoms with Crippen LogP contribution in [0.3, 0.4) is 0 Å². The Morgan fingerprint density at radius 1 is 1.07 bits per heavy atom. The average molecular weight is 223 g/mol. The van der Waals surface area contributed by atoms with E-state index in [2.05, 4.69) is 11.5 Å². The van der Waals surface area contributed by atoms with E-state index in [4.69, 9.17) is 15.3 Å². The van der Waals surface area contributed by atoms with Gasteiger partial charge in [0.2, 0.25) is 0 Å². The van der Waals surface area contributed by atoms with Crippen molar-refractivity contribution in [2.45, 2.75) is 51.9 Å². The molecule has 0 fully saturated rings. The van der Waals surface area contributed by atoms with Gasteiger partial charge in [-0.1, -0.05) is 45.4 Å². The van der Waals surface area contributed by atoms with Gasteiger partial charge in [0.25, 0.3) is 0 Å². The van der Waals surface area contributed by atoms with E-state index >= 15 is 0 Å². The van der Waals surface area contributed by atoms with Gasteiger partial charge in [-0.2, -0.15) is 0 Å². The molecule has 1 unspecified atom stereocenters. The van der Waals surface area contributed by atoms with Crippen molar-refractivity contribution in [3.8, 4) is 0 Å². The van der Waals surface area contributed by atoms with E-state index in [1.54, 1.807) is 0 Å². The Balaban J connectivity index is 2.92. The van der Waals surface area contributed by atoms with Crippen LogP contribution in [0, 0.1) is 0 Å². The maximum atomic E-state index is 8.83. The van der Waals surface area contributed by atoms with E-state index in [1.807, 2.05) is 0 Å². The first-order valence-corrected chi connectivity index (χ1v) is 6.43. The van der Waals surface area contributed by atoms with Gasteiger partial charge in [0, 0.05) is 0 Å². The Labute approximate surface area is 87.7 Å². The molecule has 0 aromatic rings. The molecule has 0 heterocycles. The average Bonchev–Trinajstić information content (AvgIpc) is 2.21. The molecule has 0 aliphatic carbocycles. The third-order valence-corrected chi connectivity index (χ3v) is 2.62. The number of unbranched alkanes of at least 4 members (excludes halogenated alkanes) is 6. The van der Waals surface area contributed by atoms with Crippen molar-refractivity contribution in [1.82, 2.24) is 0 Å². The second-order valence-corrected chi connectivity index (χ2v) is 4.24. The van der Waals surface area contributed by atoms with Crippen molar-refractivity contribution in [3.05, 3.63) is 0 Å². The highest BCUT2D eigenvalue weighted by Crippen LogP contribution is 2.29. The highest BCUT2D eigenvalue weighted by molar-refractivity contribution is 7.40. The first-order chi connectivity index (χ1) is 6.81. The standard InChI is InChI=1S/C9H22NO3P/c1-2-3-4-5-6-7-8-9-12-14(11)13-10/h11H,2-10H2,1H3. The molecule has 0 aliphatic heterocycles. The zero-order valence-corrected chi connectivity index (χ0v) is 9.84. The molecule has 5 heteroatoms. The molecule has 1 atom stereocenters. The molecule has 3 N–H and O–H groups in total. The zero-order chi connectivity index (χ0) is 10.6. The van der Waals surface area contributed by atoms with Crippen LogP contribution in [0.1, 0.15) is 51.9 Å². The molecule has 86 valence electrons. The molecule has 0 aliphatic rings. The summed E-state index contributed by atoms with van der Waals surface area (Å²) in [6, 6.07) is 0. The Bertz CT molecular complexity index is 116. The molecule has 4 nitrogen and oxygen atoms in total. The minimum Gasteiger partial charge on any atom is -0.327 e. The fourth-order valence-electron chi connectivity index (χ4n) is 1.23. The van der Waals surface area contributed by atoms with Crippen LogP contribution in [-0.4, -0.2) is 11.5 Å². The molecule has 0 saturated heterocycles. The van der Waals surface area contributed by atoms with Gasteiger partial charge in [-0.25, -0.2) is 10.5 Å². The van der Waals surface area contributed by atoms with Crippen LogP contribution < -0.4 is 5.90 Å². The highest BCUT2D eigenvalue weighted by atomic mass is 31.2. The van der Waals surface area contributed by atoms with Gasteiger partial charge >= 0.3 is 8.60 Å². The van der Waals surface area contributed by atoms with Gasteiger partial charge in [0.05, 0.1) is 6.61 Å². The van der Waals surface area contributed by atoms with Crippen LogP contribution in [0.2, 0.25) is 0 Å². The van der Waals surface area contributed by atoms with Crippen LogP contribution in [0.25, 0.3) is 0 Å². The Hall–Kier alpha value is 0.270. The van der Waals surface area contributed by atoms with Gasteiger partial charge in [-0.05, 0) is 6.42 Å². The van der Waals surface area contributed by atoms with Crippen molar-refractivity contribution in [2.24, 2.45) is 5.90 Å². The molecule has 0 rings (SSSR count). The molecule has 0 saturated carbocycles. The summed E-state index contributed by atoms with van der Waals surface area (Å²) < 4.78 is 9.00. The Morgan fingerprint density at radius 2 is 1.64 bits per heavy atom. The van der Waals surface area contributed by atoms with Gasteiger partial charge in [-0.3, -0.25) is 0 Å². The summed E-state index contributed by atoms with van der Waals surface area (Å²) in [6.45, 7) is 2.75. The number of rotatable bonds is 10. The van der Waals surface area contributed by atoms with Crippen LogP contribution in [0.4, 0.5) is 0 Å². The summed E-state index contributed by atoms with van der Waals surface area (Å²) in [6.07, 6.45) is 8.61. The smallest absolute Gasteiger partial charge is 0.327 e. The predicted molar refractivity (Wildman–Crippen MR) is 58.4 cm³/mol. The third-order valence-electron chi connectivity index (χ3n) is 2.04. The van der Waals surface area contributed by atoms with Gasteiger partial charge in [0.1, 0.15) is 0 Å². The maximum Gasteiger partial charge on any atom is 0.347 e. The summed E-state index contributed by atoms with van der Waals surface area (Å²) >= 11 is 0. The van der Waals surface area contributed by atoms with E-state index in [1.165, 1.54) is 32.1 Å². The van der Waals surface area contributed by atoms with Crippen LogP contribution in [-0.2, 0) is 9.15 Å². The molecule has 0 aromatic heterocycles. The molecule has 0 amide bonds. The summed E-state index contributed by atoms with van der Waals surface area (Å²) in [5.74, 6) is 4.72. The molecule has 0 spiro atoms. The van der Waals surface area contributed by atoms with Crippen molar-refractivity contribution in [3.63, 3.8) is 0 Å². The fourth-order valence-corrected chi connectivity index (χ4v) is 1.58. The van der Waals surface area contributed by atoms with Gasteiger partial charge < -0.3 is 9.42 Å². The second kappa shape index (κ2) is 11.3. The minimum absolute atomic E-state index is 0.535.